The molecule has 0 bridgehead atoms. The van der Waals surface area contributed by atoms with Crippen molar-refractivity contribution in [2.75, 3.05) is 66.0 Å². The summed E-state index contributed by atoms with van der Waals surface area (Å²) in [6.07, 6.45) is 17.3. The van der Waals surface area contributed by atoms with Gasteiger partial charge in [0.1, 0.15) is 11.5 Å². The highest BCUT2D eigenvalue weighted by molar-refractivity contribution is 7.85. The molecule has 0 amide bonds. The van der Waals surface area contributed by atoms with Crippen LogP contribution < -0.4 is 18.6 Å². The fourth-order valence-corrected chi connectivity index (χ4v) is 10.4. The summed E-state index contributed by atoms with van der Waals surface area (Å²) < 4.78 is 75.1. The van der Waals surface area contributed by atoms with Crippen LogP contribution in [-0.4, -0.2) is 111 Å². The Hall–Kier alpha value is -5.36. The fraction of sp³-hybridized carbons (Fsp3) is 0.412. The van der Waals surface area contributed by atoms with Crippen LogP contribution in [0.15, 0.2) is 97.6 Å². The van der Waals surface area contributed by atoms with Gasteiger partial charge in [0.05, 0.1) is 58.3 Å². The van der Waals surface area contributed by atoms with E-state index in [-0.39, 0.29) is 0 Å². The van der Waals surface area contributed by atoms with Gasteiger partial charge in [-0.05, 0) is 129 Å². The third-order valence-corrected chi connectivity index (χ3v) is 13.8. The molecule has 2 aliphatic heterocycles. The van der Waals surface area contributed by atoms with E-state index < -0.39 is 20.2 Å². The Morgan fingerprint density at radius 3 is 1.27 bits per heavy atom. The number of hydrogen-bond donors (Lipinski definition) is 0. The molecule has 2 fully saturated rings. The first kappa shape index (κ1) is 48.1. The SMILES string of the molecule is COc1ccc2c(c1)c1c3c[n+](CCN4CCC(CC5CCN(CC[n+]6ccc7ccc8c(c7c6)c6cc(OC)ccc6n8C)CC5)CC4)ccc3ccc1n2C.CS(=O)(=O)[O-].CS(=O)(=O)[O-]. The van der Waals surface area contributed by atoms with E-state index in [1.165, 1.54) is 123 Å². The van der Waals surface area contributed by atoms with Crippen molar-refractivity contribution in [3.63, 3.8) is 0 Å². The van der Waals surface area contributed by atoms with Crippen molar-refractivity contribution in [3.05, 3.63) is 97.6 Å². The molecule has 0 atom stereocenters. The predicted molar refractivity (Wildman–Crippen MR) is 264 cm³/mol. The minimum atomic E-state index is -3.92. The van der Waals surface area contributed by atoms with Gasteiger partial charge in [0.15, 0.2) is 37.9 Å². The molecule has 10 rings (SSSR count). The summed E-state index contributed by atoms with van der Waals surface area (Å²) >= 11 is 0. The van der Waals surface area contributed by atoms with E-state index in [4.69, 9.17) is 35.4 Å². The first-order valence-electron chi connectivity index (χ1n) is 23.0. The normalized spacial score (nSPS) is 15.9. The highest BCUT2D eigenvalue weighted by Crippen LogP contribution is 2.37. The lowest BCUT2D eigenvalue weighted by Gasteiger charge is -2.36. The quantitative estimate of drug-likeness (QED) is 0.107. The van der Waals surface area contributed by atoms with Crippen molar-refractivity contribution in [1.82, 2.24) is 18.9 Å². The van der Waals surface area contributed by atoms with Crippen LogP contribution in [0.5, 0.6) is 11.5 Å². The standard InChI is InChI=1S/C49H56N6O2.2CH4O3S/c1-50-44-11-7-38(56-3)30-40(44)48-42-32-54(23-17-36(42)5-9-46(48)50)27-25-52-19-13-34(14-20-52)29-35-15-21-53(22-16-35)26-28-55-24-18-37-6-10-47-49(43(37)33-55)41-31-39(57-4)8-12-45(41)51(47)2;2*1-5(2,3)4/h5-12,17-18,23-24,30-35H,13-16,19-22,25-29H2,1-4H3;2*1H3,(H,2,3,4)/q+2;;/p-2. The maximum Gasteiger partial charge on any atom is 0.177 e. The fourth-order valence-electron chi connectivity index (χ4n) is 10.4. The maximum absolute atomic E-state index is 9.08. The number of piperidine rings is 2. The highest BCUT2D eigenvalue weighted by Gasteiger charge is 2.27. The number of aryl methyl sites for hydroxylation is 2. The third-order valence-electron chi connectivity index (χ3n) is 13.8. The minimum Gasteiger partial charge on any atom is -0.748 e. The molecule has 2 aliphatic rings. The molecule has 16 heteroatoms. The number of benzene rings is 4. The summed E-state index contributed by atoms with van der Waals surface area (Å²) in [6.45, 7) is 9.17. The van der Waals surface area contributed by atoms with Crippen LogP contribution in [0.1, 0.15) is 32.1 Å². The number of aromatic nitrogens is 4. The molecule has 4 aromatic heterocycles. The van der Waals surface area contributed by atoms with Crippen molar-refractivity contribution in [2.24, 2.45) is 25.9 Å². The molecule has 8 aromatic rings. The molecule has 0 aliphatic carbocycles. The van der Waals surface area contributed by atoms with Gasteiger partial charge in [-0.25, -0.2) is 26.0 Å². The predicted octanol–water partition coefficient (Wildman–Crippen LogP) is 6.71. The third kappa shape index (κ3) is 11.5. The lowest BCUT2D eigenvalue weighted by Crippen LogP contribution is -2.44. The maximum atomic E-state index is 9.08. The van der Waals surface area contributed by atoms with E-state index in [1.807, 2.05) is 0 Å². The molecule has 0 radical (unpaired) electrons. The summed E-state index contributed by atoms with van der Waals surface area (Å²) in [5.41, 5.74) is 5.01. The lowest BCUT2D eigenvalue weighted by molar-refractivity contribution is -0.695. The molecule has 2 saturated heterocycles. The number of ether oxygens (including phenoxy) is 2. The average molecular weight is 951 g/mol. The Morgan fingerprint density at radius 2 is 0.910 bits per heavy atom. The van der Waals surface area contributed by atoms with E-state index in [2.05, 4.69) is 140 Å². The summed E-state index contributed by atoms with van der Waals surface area (Å²) in [4.78, 5) is 5.40. The van der Waals surface area contributed by atoms with Crippen molar-refractivity contribution < 1.29 is 44.5 Å². The smallest absolute Gasteiger partial charge is 0.177 e. The monoisotopic (exact) mass is 950 g/mol. The number of methoxy groups -OCH3 is 2. The molecule has 0 saturated carbocycles. The van der Waals surface area contributed by atoms with Gasteiger partial charge >= 0.3 is 0 Å². The molecule has 356 valence electrons. The molecule has 14 nitrogen and oxygen atoms in total. The van der Waals surface area contributed by atoms with E-state index >= 15 is 0 Å². The first-order chi connectivity index (χ1) is 31.9. The Bertz CT molecular complexity index is 3060. The van der Waals surface area contributed by atoms with Crippen molar-refractivity contribution in [1.29, 1.82) is 0 Å². The highest BCUT2D eigenvalue weighted by atomic mass is 32.2. The van der Waals surface area contributed by atoms with Crippen LogP contribution >= 0.6 is 0 Å². The van der Waals surface area contributed by atoms with Crippen LogP contribution in [0.4, 0.5) is 0 Å². The molecule has 4 aromatic carbocycles. The first-order valence-corrected chi connectivity index (χ1v) is 26.6. The van der Waals surface area contributed by atoms with Crippen LogP contribution in [-0.2, 0) is 47.4 Å². The van der Waals surface area contributed by atoms with Crippen LogP contribution in [0.3, 0.4) is 0 Å². The number of nitrogens with zero attached hydrogens (tertiary/aromatic N) is 6. The van der Waals surface area contributed by atoms with E-state index in [0.29, 0.717) is 12.5 Å². The van der Waals surface area contributed by atoms with E-state index in [1.54, 1.807) is 14.2 Å². The molecule has 0 unspecified atom stereocenters. The van der Waals surface area contributed by atoms with Crippen molar-refractivity contribution in [3.8, 4) is 11.5 Å². The van der Waals surface area contributed by atoms with Crippen LogP contribution in [0.2, 0.25) is 0 Å². The van der Waals surface area contributed by atoms with Gasteiger partial charge in [-0.1, -0.05) is 12.1 Å². The molecule has 6 heterocycles. The molecular weight excluding hydrogens is 889 g/mol. The van der Waals surface area contributed by atoms with E-state index in [9.17, 15) is 0 Å². The summed E-state index contributed by atoms with van der Waals surface area (Å²) in [5, 5.41) is 10.4. The largest absolute Gasteiger partial charge is 0.748 e. The molecule has 0 spiro atoms. The Labute approximate surface area is 393 Å². The number of rotatable bonds is 10. The molecule has 67 heavy (non-hydrogen) atoms. The zero-order valence-electron chi connectivity index (χ0n) is 39.4. The van der Waals surface area contributed by atoms with Gasteiger partial charge in [0.25, 0.3) is 0 Å². The Kier molecular flexibility index (Phi) is 14.4. The van der Waals surface area contributed by atoms with Gasteiger partial charge < -0.3 is 27.7 Å². The van der Waals surface area contributed by atoms with Gasteiger partial charge in [-0.15, -0.1) is 0 Å². The summed E-state index contributed by atoms with van der Waals surface area (Å²) in [7, 11) is 0.00110. The lowest BCUT2D eigenvalue weighted by atomic mass is 9.83. The molecule has 0 N–H and O–H groups in total. The molecular formula is C51H62N6O8S2. The Morgan fingerprint density at radius 1 is 0.552 bits per heavy atom. The van der Waals surface area contributed by atoms with Gasteiger partial charge in [-0.3, -0.25) is 9.80 Å². The van der Waals surface area contributed by atoms with Gasteiger partial charge in [-0.2, -0.15) is 0 Å². The van der Waals surface area contributed by atoms with E-state index in [0.717, 1.165) is 49.5 Å². The second-order valence-electron chi connectivity index (χ2n) is 18.4. The number of fused-ring (bicyclic) bond motifs is 10. The average Bonchev–Trinajstić information content (AvgIpc) is 3.76. The number of likely N-dealkylation sites (tertiary alicyclic amines) is 2. The van der Waals surface area contributed by atoms with Crippen LogP contribution in [0, 0.1) is 11.8 Å². The second-order valence-corrected chi connectivity index (χ2v) is 21.2. The zero-order chi connectivity index (χ0) is 47.6. The minimum absolute atomic E-state index is 0.604. The zero-order valence-corrected chi connectivity index (χ0v) is 41.0. The van der Waals surface area contributed by atoms with Crippen LogP contribution in [0.25, 0.3) is 65.2 Å². The summed E-state index contributed by atoms with van der Waals surface area (Å²) in [5.74, 6) is 3.56. The number of hydrogen-bond acceptors (Lipinski definition) is 10. The van der Waals surface area contributed by atoms with Crippen molar-refractivity contribution in [2.45, 2.75) is 45.2 Å². The Balaban J connectivity index is 0.000000553. The summed E-state index contributed by atoms with van der Waals surface area (Å²) in [6, 6.07) is 26.5. The second kappa shape index (κ2) is 20.1. The van der Waals surface area contributed by atoms with Crippen molar-refractivity contribution >= 4 is 85.4 Å². The topological polar surface area (TPSA) is 157 Å². The number of pyridine rings is 2. The van der Waals surface area contributed by atoms with Gasteiger partial charge in [0, 0.05) is 82.4 Å². The van der Waals surface area contributed by atoms with Gasteiger partial charge in [0.2, 0.25) is 0 Å².